The number of benzene rings is 3. The van der Waals surface area contributed by atoms with Gasteiger partial charge < -0.3 is 29.5 Å². The van der Waals surface area contributed by atoms with E-state index in [0.29, 0.717) is 41.4 Å². The van der Waals surface area contributed by atoms with Crippen LogP contribution in [0.25, 0.3) is 10.9 Å². The number of methoxy groups -OCH3 is 2. The molecule has 4 rings (SSSR count). The average Bonchev–Trinajstić information content (AvgIpc) is 3.40. The Kier molecular flexibility index (Phi) is 11.1. The average molecular weight is 645 g/mol. The van der Waals surface area contributed by atoms with E-state index in [1.54, 1.807) is 20.3 Å². The van der Waals surface area contributed by atoms with Crippen molar-refractivity contribution in [2.45, 2.75) is 16.2 Å². The quantitative estimate of drug-likeness (QED) is 0.182. The number of anilines is 3. The third kappa shape index (κ3) is 8.14. The van der Waals surface area contributed by atoms with Crippen LogP contribution in [-0.2, 0) is 19.3 Å². The number of amides is 1. The number of nitrogens with one attached hydrogen (secondary N) is 2. The summed E-state index contributed by atoms with van der Waals surface area (Å²) in [7, 11) is 4.92. The highest BCUT2D eigenvalue weighted by atomic mass is 32.2. The van der Waals surface area contributed by atoms with Crippen LogP contribution < -0.4 is 15.1 Å². The van der Waals surface area contributed by atoms with Gasteiger partial charge in [0.05, 0.1) is 33.2 Å². The summed E-state index contributed by atoms with van der Waals surface area (Å²) < 4.78 is 64.8. The standard InChI is InChI=1S/C31H38F2N6O5S/c1-37(2)11-6-12-38(3)23-7-9-26(29(18-23)39(20-44-5)13-14-43-4)31(40)34-30-27-19-24(8-10-28(27)35-36-30)45(41,42)25-16-21(32)15-22(33)17-25/h7-10,15-19H,6,11-14,20H2,1-5H3,(H2,34,35,36,40). The fraction of sp³-hybridized carbons (Fsp3) is 0.355. The fourth-order valence-electron chi connectivity index (χ4n) is 4.83. The van der Waals surface area contributed by atoms with Crippen LogP contribution in [0, 0.1) is 11.6 Å². The number of fused-ring (bicyclic) bond motifs is 1. The molecule has 0 spiro atoms. The molecule has 0 atom stereocenters. The molecule has 0 aliphatic rings. The summed E-state index contributed by atoms with van der Waals surface area (Å²) in [4.78, 5) is 19.2. The Hall–Kier alpha value is -4.11. The Balaban J connectivity index is 1.68. The second-order valence-corrected chi connectivity index (χ2v) is 12.7. The van der Waals surface area contributed by atoms with Crippen LogP contribution in [0.5, 0.6) is 0 Å². The number of carbonyl (C=O) groups excluding carboxylic acids is 1. The van der Waals surface area contributed by atoms with E-state index in [9.17, 15) is 22.0 Å². The lowest BCUT2D eigenvalue weighted by Gasteiger charge is -2.28. The number of ether oxygens (including phenoxy) is 2. The molecular formula is C31H38F2N6O5S. The van der Waals surface area contributed by atoms with Gasteiger partial charge in [0.25, 0.3) is 5.91 Å². The van der Waals surface area contributed by atoms with Crippen molar-refractivity contribution in [3.8, 4) is 0 Å². The molecular weight excluding hydrogens is 606 g/mol. The largest absolute Gasteiger partial charge is 0.383 e. The molecule has 0 aliphatic carbocycles. The van der Waals surface area contributed by atoms with Crippen molar-refractivity contribution in [3.05, 3.63) is 71.8 Å². The monoisotopic (exact) mass is 644 g/mol. The predicted octanol–water partition coefficient (Wildman–Crippen LogP) is 4.37. The zero-order valence-corrected chi connectivity index (χ0v) is 26.7. The van der Waals surface area contributed by atoms with Gasteiger partial charge in [-0.1, -0.05) is 0 Å². The molecule has 3 aromatic carbocycles. The SMILES string of the molecule is COCCN(COC)c1cc(N(C)CCCN(C)C)ccc1C(=O)Nc1n[nH]c2ccc(S(=O)(=O)c3cc(F)cc(F)c3)cc12. The minimum Gasteiger partial charge on any atom is -0.383 e. The van der Waals surface area contributed by atoms with E-state index in [0.717, 1.165) is 37.3 Å². The van der Waals surface area contributed by atoms with Crippen molar-refractivity contribution in [2.75, 3.05) is 83.5 Å². The first-order valence-electron chi connectivity index (χ1n) is 14.2. The zero-order chi connectivity index (χ0) is 32.7. The molecule has 0 aliphatic heterocycles. The maximum atomic E-state index is 13.8. The number of nitrogens with zero attached hydrogens (tertiary/aromatic N) is 4. The lowest BCUT2D eigenvalue weighted by atomic mass is 10.1. The van der Waals surface area contributed by atoms with Gasteiger partial charge in [-0.15, -0.1) is 0 Å². The van der Waals surface area contributed by atoms with Gasteiger partial charge in [0.15, 0.2) is 5.82 Å². The van der Waals surface area contributed by atoms with Crippen LogP contribution in [0.1, 0.15) is 16.8 Å². The molecule has 11 nitrogen and oxygen atoms in total. The van der Waals surface area contributed by atoms with Gasteiger partial charge in [0, 0.05) is 51.5 Å². The molecule has 0 radical (unpaired) electrons. The van der Waals surface area contributed by atoms with Gasteiger partial charge >= 0.3 is 0 Å². The minimum absolute atomic E-state index is 0.0866. The molecule has 14 heteroatoms. The Morgan fingerprint density at radius 3 is 2.31 bits per heavy atom. The molecule has 0 saturated carbocycles. The summed E-state index contributed by atoms with van der Waals surface area (Å²) in [6, 6.07) is 11.7. The predicted molar refractivity (Wildman–Crippen MR) is 170 cm³/mol. The van der Waals surface area contributed by atoms with E-state index >= 15 is 0 Å². The van der Waals surface area contributed by atoms with Gasteiger partial charge in [-0.3, -0.25) is 9.89 Å². The van der Waals surface area contributed by atoms with Crippen molar-refractivity contribution in [3.63, 3.8) is 0 Å². The number of rotatable bonds is 15. The fourth-order valence-corrected chi connectivity index (χ4v) is 6.15. The number of H-pyrrole nitrogens is 1. The first kappa shape index (κ1) is 33.8. The Bertz CT molecular complexity index is 1730. The number of aromatic nitrogens is 2. The highest BCUT2D eigenvalue weighted by Gasteiger charge is 2.23. The highest BCUT2D eigenvalue weighted by molar-refractivity contribution is 7.91. The van der Waals surface area contributed by atoms with Crippen LogP contribution in [0.3, 0.4) is 0 Å². The summed E-state index contributed by atoms with van der Waals surface area (Å²) >= 11 is 0. The third-order valence-electron chi connectivity index (χ3n) is 7.18. The summed E-state index contributed by atoms with van der Waals surface area (Å²) in [6.07, 6.45) is 0.949. The van der Waals surface area contributed by atoms with E-state index in [4.69, 9.17) is 9.47 Å². The lowest BCUT2D eigenvalue weighted by molar-refractivity contribution is 0.102. The van der Waals surface area contributed by atoms with Gasteiger partial charge in [-0.2, -0.15) is 5.10 Å². The number of halogens is 2. The van der Waals surface area contributed by atoms with E-state index in [2.05, 4.69) is 25.3 Å². The number of aromatic amines is 1. The van der Waals surface area contributed by atoms with Gasteiger partial charge in [-0.25, -0.2) is 17.2 Å². The maximum absolute atomic E-state index is 13.8. The second-order valence-electron chi connectivity index (χ2n) is 10.8. The highest BCUT2D eigenvalue weighted by Crippen LogP contribution is 2.31. The molecule has 1 heterocycles. The first-order chi connectivity index (χ1) is 21.4. The van der Waals surface area contributed by atoms with Crippen LogP contribution in [0.4, 0.5) is 26.0 Å². The second kappa shape index (κ2) is 14.8. The molecule has 0 unspecified atom stereocenters. The third-order valence-corrected chi connectivity index (χ3v) is 8.91. The van der Waals surface area contributed by atoms with Crippen LogP contribution >= 0.6 is 0 Å². The smallest absolute Gasteiger partial charge is 0.258 e. The minimum atomic E-state index is -4.28. The van der Waals surface area contributed by atoms with Gasteiger partial charge in [0.1, 0.15) is 18.4 Å². The van der Waals surface area contributed by atoms with Crippen LogP contribution in [0.2, 0.25) is 0 Å². The summed E-state index contributed by atoms with van der Waals surface area (Å²) in [5.41, 5.74) is 2.31. The van der Waals surface area contributed by atoms with Crippen LogP contribution in [-0.4, -0.2) is 97.8 Å². The number of hydrogen-bond donors (Lipinski definition) is 2. The Morgan fingerprint density at radius 1 is 0.911 bits per heavy atom. The lowest BCUT2D eigenvalue weighted by Crippen LogP contribution is -2.32. The molecule has 0 saturated heterocycles. The van der Waals surface area contributed by atoms with Crippen molar-refractivity contribution >= 4 is 43.8 Å². The molecule has 2 N–H and O–H groups in total. The molecule has 1 amide bonds. The Labute approximate surface area is 261 Å². The molecule has 242 valence electrons. The van der Waals surface area contributed by atoms with Crippen molar-refractivity contribution < 1.29 is 31.5 Å². The Morgan fingerprint density at radius 2 is 1.64 bits per heavy atom. The molecule has 0 bridgehead atoms. The molecule has 1 aromatic heterocycles. The topological polar surface area (TPSA) is 120 Å². The molecule has 4 aromatic rings. The maximum Gasteiger partial charge on any atom is 0.258 e. The summed E-state index contributed by atoms with van der Waals surface area (Å²) in [6.45, 7) is 2.78. The van der Waals surface area contributed by atoms with Crippen molar-refractivity contribution in [2.24, 2.45) is 0 Å². The van der Waals surface area contributed by atoms with E-state index in [1.165, 1.54) is 18.2 Å². The molecule has 0 fully saturated rings. The number of sulfone groups is 1. The first-order valence-corrected chi connectivity index (χ1v) is 15.7. The summed E-state index contributed by atoms with van der Waals surface area (Å²) in [5, 5.41) is 10.1. The van der Waals surface area contributed by atoms with Gasteiger partial charge in [0.2, 0.25) is 9.84 Å². The molecule has 45 heavy (non-hydrogen) atoms. The zero-order valence-electron chi connectivity index (χ0n) is 25.9. The van der Waals surface area contributed by atoms with Crippen molar-refractivity contribution in [1.29, 1.82) is 0 Å². The van der Waals surface area contributed by atoms with Crippen molar-refractivity contribution in [1.82, 2.24) is 15.1 Å². The van der Waals surface area contributed by atoms with E-state index in [1.807, 2.05) is 38.2 Å². The van der Waals surface area contributed by atoms with E-state index in [-0.39, 0.29) is 17.4 Å². The number of carbonyl (C=O) groups is 1. The normalized spacial score (nSPS) is 11.7. The van der Waals surface area contributed by atoms with Gasteiger partial charge in [-0.05, 0) is 75.6 Å². The number of hydrogen-bond acceptors (Lipinski definition) is 9. The van der Waals surface area contributed by atoms with E-state index < -0.39 is 32.3 Å². The summed E-state index contributed by atoms with van der Waals surface area (Å²) in [5.74, 6) is -2.43. The van der Waals surface area contributed by atoms with Crippen LogP contribution in [0.15, 0.2) is 64.4 Å².